The van der Waals surface area contributed by atoms with Crippen molar-refractivity contribution in [3.63, 3.8) is 0 Å². The lowest BCUT2D eigenvalue weighted by Gasteiger charge is -2.10. The molecule has 0 amide bonds. The number of aryl methyl sites for hydroxylation is 1. The maximum Gasteiger partial charge on any atom is 0.213 e. The maximum atomic E-state index is 13.5. The summed E-state index contributed by atoms with van der Waals surface area (Å²) in [5.41, 5.74) is 3.51. The summed E-state index contributed by atoms with van der Waals surface area (Å²) >= 11 is 0. The van der Waals surface area contributed by atoms with E-state index < -0.39 is 5.95 Å². The average Bonchev–Trinajstić information content (AvgIpc) is 3.25. The fourth-order valence-corrected chi connectivity index (χ4v) is 3.24. The number of aromatic nitrogens is 6. The van der Waals surface area contributed by atoms with Crippen LogP contribution < -0.4 is 0 Å². The molecule has 4 aromatic heterocycles. The Labute approximate surface area is 156 Å². The first-order valence-corrected chi connectivity index (χ1v) is 9.06. The van der Waals surface area contributed by atoms with Gasteiger partial charge in [-0.1, -0.05) is 19.9 Å². The molecular formula is C20H21FN6. The van der Waals surface area contributed by atoms with Gasteiger partial charge in [0.1, 0.15) is 17.0 Å². The number of pyridine rings is 2. The number of fused-ring (bicyclic) bond motifs is 1. The second kappa shape index (κ2) is 6.90. The Morgan fingerprint density at radius 3 is 2.74 bits per heavy atom. The lowest BCUT2D eigenvalue weighted by atomic mass is 10.1. The molecule has 7 heteroatoms. The van der Waals surface area contributed by atoms with Gasteiger partial charge in [-0.05, 0) is 31.0 Å². The average molecular weight is 364 g/mol. The van der Waals surface area contributed by atoms with Crippen LogP contribution in [0.2, 0.25) is 0 Å². The van der Waals surface area contributed by atoms with Crippen molar-refractivity contribution in [2.75, 3.05) is 0 Å². The highest BCUT2D eigenvalue weighted by atomic mass is 19.1. The van der Waals surface area contributed by atoms with E-state index >= 15 is 0 Å². The first-order chi connectivity index (χ1) is 13.1. The highest BCUT2D eigenvalue weighted by Gasteiger charge is 2.15. The predicted octanol–water partition coefficient (Wildman–Crippen LogP) is 4.02. The molecule has 0 N–H and O–H groups in total. The zero-order chi connectivity index (χ0) is 19.0. The molecule has 4 rings (SSSR count). The van der Waals surface area contributed by atoms with Gasteiger partial charge in [0.05, 0.1) is 18.3 Å². The molecule has 0 aliphatic carbocycles. The highest BCUT2D eigenvalue weighted by Crippen LogP contribution is 2.22. The van der Waals surface area contributed by atoms with Crippen molar-refractivity contribution in [3.8, 4) is 11.5 Å². The van der Waals surface area contributed by atoms with Crippen LogP contribution in [0, 0.1) is 5.95 Å². The lowest BCUT2D eigenvalue weighted by Crippen LogP contribution is -2.09. The molecule has 6 nitrogen and oxygen atoms in total. The third kappa shape index (κ3) is 3.20. The summed E-state index contributed by atoms with van der Waals surface area (Å²) in [5.74, 6) is 1.36. The molecule has 0 unspecified atom stereocenters. The van der Waals surface area contributed by atoms with Crippen LogP contribution in [0.1, 0.15) is 38.2 Å². The molecule has 138 valence electrons. The number of hydrogen-bond donors (Lipinski definition) is 0. The minimum atomic E-state index is -0.518. The number of nitrogens with zero attached hydrogens (tertiary/aromatic N) is 6. The Hall–Kier alpha value is -3.09. The van der Waals surface area contributed by atoms with Gasteiger partial charge < -0.3 is 9.13 Å². The zero-order valence-electron chi connectivity index (χ0n) is 15.6. The summed E-state index contributed by atoms with van der Waals surface area (Å²) in [5, 5.41) is 0. The Kier molecular flexibility index (Phi) is 4.43. The molecular weight excluding hydrogens is 343 g/mol. The topological polar surface area (TPSA) is 61.4 Å². The molecule has 0 spiro atoms. The van der Waals surface area contributed by atoms with Crippen LogP contribution in [0.15, 0.2) is 42.9 Å². The van der Waals surface area contributed by atoms with Gasteiger partial charge >= 0.3 is 0 Å². The second-order valence-electron chi connectivity index (χ2n) is 6.75. The first kappa shape index (κ1) is 17.3. The Balaban J connectivity index is 1.76. The van der Waals surface area contributed by atoms with Crippen molar-refractivity contribution in [2.45, 2.75) is 39.8 Å². The monoisotopic (exact) mass is 364 g/mol. The molecule has 0 saturated carbocycles. The van der Waals surface area contributed by atoms with Crippen molar-refractivity contribution in [1.29, 1.82) is 0 Å². The summed E-state index contributed by atoms with van der Waals surface area (Å²) < 4.78 is 17.6. The number of rotatable bonds is 5. The first-order valence-electron chi connectivity index (χ1n) is 9.06. The van der Waals surface area contributed by atoms with E-state index in [1.54, 1.807) is 18.3 Å². The highest BCUT2D eigenvalue weighted by molar-refractivity contribution is 5.75. The van der Waals surface area contributed by atoms with Gasteiger partial charge in [0.15, 0.2) is 5.82 Å². The quantitative estimate of drug-likeness (QED) is 0.502. The van der Waals surface area contributed by atoms with Crippen LogP contribution in [0.3, 0.4) is 0 Å². The standard InChI is InChI=1S/C20H21FN6/c1-4-27-17-10-15(13(2)3)23-11-16(17)25-19(27)12-26-9-8-22-20(26)14-6-5-7-18(21)24-14/h5-11,13H,4,12H2,1-3H3. The smallest absolute Gasteiger partial charge is 0.213 e. The van der Waals surface area contributed by atoms with Crippen LogP contribution in [0.5, 0.6) is 0 Å². The Bertz CT molecular complexity index is 1100. The van der Waals surface area contributed by atoms with Gasteiger partial charge in [-0.25, -0.2) is 15.0 Å². The summed E-state index contributed by atoms with van der Waals surface area (Å²) in [4.78, 5) is 17.6. The van der Waals surface area contributed by atoms with Gasteiger partial charge in [0.25, 0.3) is 0 Å². The van der Waals surface area contributed by atoms with Gasteiger partial charge in [-0.2, -0.15) is 4.39 Å². The maximum absolute atomic E-state index is 13.5. The summed E-state index contributed by atoms with van der Waals surface area (Å²) in [7, 11) is 0. The normalized spacial score (nSPS) is 11.6. The van der Waals surface area contributed by atoms with E-state index in [4.69, 9.17) is 4.98 Å². The molecule has 0 saturated heterocycles. The molecule has 0 radical (unpaired) electrons. The Morgan fingerprint density at radius 1 is 1.15 bits per heavy atom. The number of halogens is 1. The minimum absolute atomic E-state index is 0.359. The van der Waals surface area contributed by atoms with Crippen LogP contribution in [0.4, 0.5) is 4.39 Å². The second-order valence-corrected chi connectivity index (χ2v) is 6.75. The lowest BCUT2D eigenvalue weighted by molar-refractivity contribution is 0.584. The van der Waals surface area contributed by atoms with Crippen molar-refractivity contribution in [3.05, 3.63) is 60.3 Å². The van der Waals surface area contributed by atoms with Crippen LogP contribution in [0.25, 0.3) is 22.6 Å². The van der Waals surface area contributed by atoms with Crippen LogP contribution >= 0.6 is 0 Å². The minimum Gasteiger partial charge on any atom is -0.327 e. The van der Waals surface area contributed by atoms with Crippen LogP contribution in [-0.4, -0.2) is 29.1 Å². The van der Waals surface area contributed by atoms with E-state index in [2.05, 4.69) is 46.4 Å². The number of hydrogen-bond acceptors (Lipinski definition) is 4. The van der Waals surface area contributed by atoms with Crippen molar-refractivity contribution < 1.29 is 4.39 Å². The fourth-order valence-electron chi connectivity index (χ4n) is 3.24. The molecule has 4 heterocycles. The summed E-state index contributed by atoms with van der Waals surface area (Å²) in [6.45, 7) is 7.68. The van der Waals surface area contributed by atoms with Crippen molar-refractivity contribution in [2.24, 2.45) is 0 Å². The van der Waals surface area contributed by atoms with Gasteiger partial charge in [0, 0.05) is 24.6 Å². The molecule has 0 aromatic carbocycles. The third-order valence-corrected chi connectivity index (χ3v) is 4.61. The van der Waals surface area contributed by atoms with E-state index in [-0.39, 0.29) is 0 Å². The SMILES string of the molecule is CCn1c(Cn2ccnc2-c2cccc(F)n2)nc2cnc(C(C)C)cc21. The molecule has 0 bridgehead atoms. The molecule has 0 aliphatic heterocycles. The summed E-state index contributed by atoms with van der Waals surface area (Å²) in [6, 6.07) is 6.83. The van der Waals surface area contributed by atoms with E-state index in [1.807, 2.05) is 17.0 Å². The Morgan fingerprint density at radius 2 is 2.00 bits per heavy atom. The fraction of sp³-hybridized carbons (Fsp3) is 0.300. The molecule has 0 atom stereocenters. The van der Waals surface area contributed by atoms with Gasteiger partial charge in [-0.15, -0.1) is 0 Å². The molecule has 4 aromatic rings. The zero-order valence-corrected chi connectivity index (χ0v) is 15.6. The molecule has 27 heavy (non-hydrogen) atoms. The van der Waals surface area contributed by atoms with E-state index in [0.29, 0.717) is 24.0 Å². The predicted molar refractivity (Wildman–Crippen MR) is 102 cm³/mol. The van der Waals surface area contributed by atoms with Gasteiger partial charge in [0.2, 0.25) is 5.95 Å². The van der Waals surface area contributed by atoms with Crippen molar-refractivity contribution in [1.82, 2.24) is 29.1 Å². The van der Waals surface area contributed by atoms with E-state index in [1.165, 1.54) is 6.07 Å². The third-order valence-electron chi connectivity index (χ3n) is 4.61. The number of imidazole rings is 2. The molecule has 0 fully saturated rings. The van der Waals surface area contributed by atoms with E-state index in [0.717, 1.165) is 29.1 Å². The van der Waals surface area contributed by atoms with Gasteiger partial charge in [-0.3, -0.25) is 4.98 Å². The van der Waals surface area contributed by atoms with Crippen molar-refractivity contribution >= 4 is 11.0 Å². The molecule has 0 aliphatic rings. The summed E-state index contributed by atoms with van der Waals surface area (Å²) in [6.07, 6.45) is 5.39. The van der Waals surface area contributed by atoms with E-state index in [9.17, 15) is 4.39 Å². The largest absolute Gasteiger partial charge is 0.327 e. The van der Waals surface area contributed by atoms with Crippen LogP contribution in [-0.2, 0) is 13.1 Å².